The topological polar surface area (TPSA) is 44.8 Å². The van der Waals surface area contributed by atoms with Crippen molar-refractivity contribution in [1.82, 2.24) is 10.2 Å². The van der Waals surface area contributed by atoms with Gasteiger partial charge in [0.1, 0.15) is 5.82 Å². The zero-order valence-electron chi connectivity index (χ0n) is 17.4. The summed E-state index contributed by atoms with van der Waals surface area (Å²) in [6, 6.07) is 12.8. The van der Waals surface area contributed by atoms with Crippen molar-refractivity contribution < 1.29 is 13.9 Å². The molecule has 0 aromatic heterocycles. The fraction of sp³-hybridized carbons (Fsp3) is 0.458. The predicted molar refractivity (Wildman–Crippen MR) is 119 cm³/mol. The number of anilines is 1. The normalized spacial score (nSPS) is 25.4. The maximum Gasteiger partial charge on any atom is 0.251 e. The molecule has 2 aromatic rings. The lowest BCUT2D eigenvalue weighted by Gasteiger charge is -2.29. The van der Waals surface area contributed by atoms with Crippen LogP contribution in [-0.2, 0) is 11.3 Å². The lowest BCUT2D eigenvalue weighted by molar-refractivity contribution is 0.0948. The van der Waals surface area contributed by atoms with Crippen molar-refractivity contribution in [3.05, 3.63) is 64.4 Å². The van der Waals surface area contributed by atoms with Crippen LogP contribution < -0.4 is 10.2 Å². The van der Waals surface area contributed by atoms with Gasteiger partial charge in [0.15, 0.2) is 0 Å². The van der Waals surface area contributed by atoms with Crippen LogP contribution in [0.4, 0.5) is 10.1 Å². The molecule has 164 valence electrons. The molecular weight excluding hydrogens is 417 g/mol. The van der Waals surface area contributed by atoms with Crippen LogP contribution in [0, 0.1) is 23.6 Å². The molecule has 2 aromatic carbocycles. The summed E-state index contributed by atoms with van der Waals surface area (Å²) in [5.74, 6) is 1.27. The summed E-state index contributed by atoms with van der Waals surface area (Å²) in [6.07, 6.45) is 0. The van der Waals surface area contributed by atoms with Crippen molar-refractivity contribution >= 4 is 23.2 Å². The molecule has 31 heavy (non-hydrogen) atoms. The molecule has 2 atom stereocenters. The molecule has 1 aliphatic carbocycles. The molecule has 1 saturated carbocycles. The van der Waals surface area contributed by atoms with Crippen LogP contribution in [0.3, 0.4) is 0 Å². The number of carbonyl (C=O) groups excluding carboxylic acids is 1. The Labute approximate surface area is 187 Å². The zero-order chi connectivity index (χ0) is 21.4. The lowest BCUT2D eigenvalue weighted by atomic mass is 10.1. The van der Waals surface area contributed by atoms with Crippen molar-refractivity contribution in [3.8, 4) is 0 Å². The minimum absolute atomic E-state index is 0.199. The number of carbonyl (C=O) groups is 1. The minimum Gasteiger partial charge on any atom is -0.378 e. The number of amides is 1. The van der Waals surface area contributed by atoms with Gasteiger partial charge >= 0.3 is 0 Å². The molecule has 0 bridgehead atoms. The number of nitrogens with zero attached hydrogens (tertiary/aromatic N) is 2. The van der Waals surface area contributed by atoms with E-state index in [2.05, 4.69) is 22.3 Å². The maximum absolute atomic E-state index is 14.6. The lowest BCUT2D eigenvalue weighted by Crippen LogP contribution is -2.36. The van der Waals surface area contributed by atoms with E-state index in [1.165, 1.54) is 11.6 Å². The summed E-state index contributed by atoms with van der Waals surface area (Å²) in [4.78, 5) is 17.0. The van der Waals surface area contributed by atoms with Crippen molar-refractivity contribution in [2.75, 3.05) is 50.8 Å². The molecule has 0 spiro atoms. The highest BCUT2D eigenvalue weighted by Gasteiger charge is 2.55. The first-order chi connectivity index (χ1) is 15.1. The number of hydrogen-bond donors (Lipinski definition) is 1. The smallest absolute Gasteiger partial charge is 0.251 e. The van der Waals surface area contributed by atoms with Gasteiger partial charge in [-0.2, -0.15) is 0 Å². The van der Waals surface area contributed by atoms with E-state index in [-0.39, 0.29) is 11.7 Å². The first-order valence-corrected chi connectivity index (χ1v) is 11.3. The van der Waals surface area contributed by atoms with E-state index in [4.69, 9.17) is 16.3 Å². The van der Waals surface area contributed by atoms with E-state index in [0.29, 0.717) is 61.9 Å². The standard InChI is InChI=1S/C24H27ClFN3O2/c25-18-4-1-16(2-5-18)13-28-14-20-19(21(20)15-28)12-27-24(30)17-3-6-23(22(26)11-17)29-7-9-31-10-8-29/h1-6,11,19-21H,7-10,12-15H2,(H,27,30). The Morgan fingerprint density at radius 2 is 1.81 bits per heavy atom. The highest BCUT2D eigenvalue weighted by atomic mass is 35.5. The van der Waals surface area contributed by atoms with Crippen LogP contribution in [0.5, 0.6) is 0 Å². The Kier molecular flexibility index (Phi) is 5.87. The number of fused-ring (bicyclic) bond motifs is 1. The number of rotatable bonds is 6. The molecule has 2 unspecified atom stereocenters. The van der Waals surface area contributed by atoms with Gasteiger partial charge in [0.25, 0.3) is 5.91 Å². The van der Waals surface area contributed by atoms with Crippen LogP contribution in [0.2, 0.25) is 5.02 Å². The zero-order valence-corrected chi connectivity index (χ0v) is 18.2. The number of morpholine rings is 1. The fourth-order valence-corrected chi connectivity index (χ4v) is 5.16. The molecule has 5 nitrogen and oxygen atoms in total. The Morgan fingerprint density at radius 3 is 2.48 bits per heavy atom. The summed E-state index contributed by atoms with van der Waals surface area (Å²) in [6.45, 7) is 6.27. The summed E-state index contributed by atoms with van der Waals surface area (Å²) in [7, 11) is 0. The van der Waals surface area contributed by atoms with E-state index in [1.807, 2.05) is 17.0 Å². The maximum atomic E-state index is 14.6. The average Bonchev–Trinajstić information content (AvgIpc) is 3.24. The van der Waals surface area contributed by atoms with Crippen LogP contribution in [0.15, 0.2) is 42.5 Å². The Hall–Kier alpha value is -2.15. The summed E-state index contributed by atoms with van der Waals surface area (Å²) < 4.78 is 19.9. The Morgan fingerprint density at radius 1 is 1.10 bits per heavy atom. The predicted octanol–water partition coefficient (Wildman–Crippen LogP) is 3.42. The monoisotopic (exact) mass is 443 g/mol. The quantitative estimate of drug-likeness (QED) is 0.743. The number of benzene rings is 2. The number of hydrogen-bond acceptors (Lipinski definition) is 4. The highest BCUT2D eigenvalue weighted by molar-refractivity contribution is 6.30. The van der Waals surface area contributed by atoms with Gasteiger partial charge in [-0.25, -0.2) is 4.39 Å². The largest absolute Gasteiger partial charge is 0.378 e. The number of ether oxygens (including phenoxy) is 1. The van der Waals surface area contributed by atoms with Crippen LogP contribution in [-0.4, -0.2) is 56.7 Å². The molecular formula is C24H27ClFN3O2. The van der Waals surface area contributed by atoms with E-state index in [0.717, 1.165) is 24.7 Å². The molecule has 2 saturated heterocycles. The van der Waals surface area contributed by atoms with E-state index < -0.39 is 0 Å². The van der Waals surface area contributed by atoms with Gasteiger partial charge in [0.05, 0.1) is 18.9 Å². The third-order valence-electron chi connectivity index (χ3n) is 6.83. The third kappa shape index (κ3) is 4.56. The van der Waals surface area contributed by atoms with Gasteiger partial charge in [-0.1, -0.05) is 23.7 Å². The second-order valence-corrected chi connectivity index (χ2v) is 9.22. The fourth-order valence-electron chi connectivity index (χ4n) is 5.04. The van der Waals surface area contributed by atoms with Gasteiger partial charge < -0.3 is 15.0 Å². The van der Waals surface area contributed by atoms with Crippen molar-refractivity contribution in [3.63, 3.8) is 0 Å². The number of likely N-dealkylation sites (tertiary alicyclic amines) is 1. The molecule has 5 rings (SSSR count). The molecule has 0 radical (unpaired) electrons. The molecule has 2 aliphatic heterocycles. The van der Waals surface area contributed by atoms with Crippen LogP contribution >= 0.6 is 11.6 Å². The van der Waals surface area contributed by atoms with Gasteiger partial charge in [0, 0.05) is 49.9 Å². The Balaban J connectivity index is 1.09. The van der Waals surface area contributed by atoms with Crippen LogP contribution in [0.1, 0.15) is 15.9 Å². The van der Waals surface area contributed by atoms with Gasteiger partial charge in [-0.15, -0.1) is 0 Å². The van der Waals surface area contributed by atoms with E-state index >= 15 is 0 Å². The van der Waals surface area contributed by atoms with E-state index in [1.54, 1.807) is 12.1 Å². The number of nitrogens with one attached hydrogen (secondary N) is 1. The Bertz CT molecular complexity index is 936. The molecule has 1 amide bonds. The summed E-state index contributed by atoms with van der Waals surface area (Å²) in [5.41, 5.74) is 2.19. The van der Waals surface area contributed by atoms with Gasteiger partial charge in [-0.3, -0.25) is 9.69 Å². The first kappa shape index (κ1) is 20.7. The number of halogens is 2. The number of piperidine rings is 1. The molecule has 3 fully saturated rings. The van der Waals surface area contributed by atoms with Gasteiger partial charge in [0.2, 0.25) is 0 Å². The second kappa shape index (κ2) is 8.77. The molecule has 7 heteroatoms. The molecule has 2 heterocycles. The average molecular weight is 444 g/mol. The third-order valence-corrected chi connectivity index (χ3v) is 7.08. The van der Waals surface area contributed by atoms with Crippen LogP contribution in [0.25, 0.3) is 0 Å². The second-order valence-electron chi connectivity index (χ2n) is 8.79. The molecule has 3 aliphatic rings. The van der Waals surface area contributed by atoms with Crippen molar-refractivity contribution in [2.45, 2.75) is 6.54 Å². The van der Waals surface area contributed by atoms with Gasteiger partial charge in [-0.05, 0) is 53.6 Å². The summed E-state index contributed by atoms with van der Waals surface area (Å²) in [5, 5.41) is 3.78. The highest BCUT2D eigenvalue weighted by Crippen LogP contribution is 2.51. The summed E-state index contributed by atoms with van der Waals surface area (Å²) >= 11 is 5.96. The van der Waals surface area contributed by atoms with E-state index in [9.17, 15) is 9.18 Å². The minimum atomic E-state index is -0.351. The first-order valence-electron chi connectivity index (χ1n) is 11.0. The van der Waals surface area contributed by atoms with Crippen molar-refractivity contribution in [1.29, 1.82) is 0 Å². The SMILES string of the molecule is O=C(NCC1C2CN(Cc3ccc(Cl)cc3)CC12)c1ccc(N2CCOCC2)c(F)c1. The van der Waals surface area contributed by atoms with Crippen molar-refractivity contribution in [2.24, 2.45) is 17.8 Å². The molecule has 1 N–H and O–H groups in total.